The quantitative estimate of drug-likeness (QED) is 0.826. The van der Waals surface area contributed by atoms with Crippen LogP contribution < -0.4 is 5.32 Å². The van der Waals surface area contributed by atoms with Crippen LogP contribution in [0.1, 0.15) is 27.2 Å². The molecule has 2 atom stereocenters. The number of hydrogen-bond donors (Lipinski definition) is 1. The molecule has 0 saturated carbocycles. The van der Waals surface area contributed by atoms with Crippen LogP contribution in [0, 0.1) is 0 Å². The first-order chi connectivity index (χ1) is 7.41. The summed E-state index contributed by atoms with van der Waals surface area (Å²) in [5.41, 5.74) is 0. The molecule has 104 valence electrons. The second-order valence-electron chi connectivity index (χ2n) is 4.42. The van der Waals surface area contributed by atoms with Gasteiger partial charge in [0.2, 0.25) is 0 Å². The largest absolute Gasteiger partial charge is 0.311 e. The minimum Gasteiger partial charge on any atom is -0.311 e. The molecule has 7 heteroatoms. The van der Waals surface area contributed by atoms with Gasteiger partial charge in [-0.15, -0.1) is 12.4 Å². The van der Waals surface area contributed by atoms with Gasteiger partial charge in [-0.1, -0.05) is 6.92 Å². The van der Waals surface area contributed by atoms with E-state index in [1.54, 1.807) is 11.4 Å². The lowest BCUT2D eigenvalue weighted by molar-refractivity contribution is 0.219. The van der Waals surface area contributed by atoms with Gasteiger partial charge in [0.25, 0.3) is 10.2 Å². The van der Waals surface area contributed by atoms with Crippen molar-refractivity contribution in [2.75, 3.05) is 26.7 Å². The third kappa shape index (κ3) is 3.79. The van der Waals surface area contributed by atoms with Gasteiger partial charge in [0.05, 0.1) is 0 Å². The summed E-state index contributed by atoms with van der Waals surface area (Å²) in [6.45, 7) is 7.82. The summed E-state index contributed by atoms with van der Waals surface area (Å²) in [6.07, 6.45) is 0.839. The standard InChI is InChI=1S/C10H23N3O2S.ClH/c1-5-7-12(4)16(14,15)13-8-6-11-9(2)10(13)3;/h9-11H,5-8H2,1-4H3;1H. The summed E-state index contributed by atoms with van der Waals surface area (Å²) in [6, 6.07) is 0.219. The molecule has 1 fully saturated rings. The zero-order valence-corrected chi connectivity index (χ0v) is 12.6. The Kier molecular flexibility index (Phi) is 6.94. The number of nitrogens with zero attached hydrogens (tertiary/aromatic N) is 2. The van der Waals surface area contributed by atoms with Crippen LogP contribution >= 0.6 is 12.4 Å². The first-order valence-electron chi connectivity index (χ1n) is 5.87. The molecule has 0 aliphatic carbocycles. The van der Waals surface area contributed by atoms with Crippen molar-refractivity contribution < 1.29 is 8.42 Å². The van der Waals surface area contributed by atoms with Crippen molar-refractivity contribution in [1.29, 1.82) is 0 Å². The number of nitrogens with one attached hydrogen (secondary N) is 1. The van der Waals surface area contributed by atoms with E-state index in [1.165, 1.54) is 4.31 Å². The predicted octanol–water partition coefficient (Wildman–Crippen LogP) is 0.677. The fourth-order valence-corrected chi connectivity index (χ4v) is 3.66. The van der Waals surface area contributed by atoms with Crippen LogP contribution in [-0.4, -0.2) is 55.8 Å². The van der Waals surface area contributed by atoms with Gasteiger partial charge in [0, 0.05) is 38.8 Å². The minimum absolute atomic E-state index is 0. The Morgan fingerprint density at radius 1 is 1.41 bits per heavy atom. The van der Waals surface area contributed by atoms with Crippen molar-refractivity contribution in [3.63, 3.8) is 0 Å². The van der Waals surface area contributed by atoms with Crippen molar-refractivity contribution in [3.8, 4) is 0 Å². The van der Waals surface area contributed by atoms with E-state index in [1.807, 2.05) is 20.8 Å². The fourth-order valence-electron chi connectivity index (χ4n) is 1.96. The molecule has 1 heterocycles. The Labute approximate surface area is 111 Å². The Balaban J connectivity index is 0.00000256. The Bertz CT molecular complexity index is 324. The second-order valence-corrected chi connectivity index (χ2v) is 6.41. The molecule has 1 N–H and O–H groups in total. The molecule has 0 spiro atoms. The van der Waals surface area contributed by atoms with Gasteiger partial charge in [-0.2, -0.15) is 17.0 Å². The highest BCUT2D eigenvalue weighted by Crippen LogP contribution is 2.16. The van der Waals surface area contributed by atoms with Gasteiger partial charge in [0.15, 0.2) is 0 Å². The van der Waals surface area contributed by atoms with Crippen LogP contribution in [0.4, 0.5) is 0 Å². The highest BCUT2D eigenvalue weighted by molar-refractivity contribution is 7.86. The van der Waals surface area contributed by atoms with Crippen molar-refractivity contribution in [3.05, 3.63) is 0 Å². The lowest BCUT2D eigenvalue weighted by Gasteiger charge is -2.39. The molecule has 0 radical (unpaired) electrons. The fraction of sp³-hybridized carbons (Fsp3) is 1.00. The van der Waals surface area contributed by atoms with E-state index in [9.17, 15) is 8.42 Å². The van der Waals surface area contributed by atoms with Gasteiger partial charge in [0.1, 0.15) is 0 Å². The lowest BCUT2D eigenvalue weighted by atomic mass is 10.1. The molecule has 0 aromatic carbocycles. The lowest BCUT2D eigenvalue weighted by Crippen LogP contribution is -2.59. The molecule has 0 aromatic heterocycles. The van der Waals surface area contributed by atoms with Crippen LogP contribution in [0.5, 0.6) is 0 Å². The van der Waals surface area contributed by atoms with E-state index in [0.29, 0.717) is 13.1 Å². The van der Waals surface area contributed by atoms with Crippen LogP contribution in [-0.2, 0) is 10.2 Å². The van der Waals surface area contributed by atoms with E-state index in [-0.39, 0.29) is 24.5 Å². The zero-order chi connectivity index (χ0) is 12.3. The summed E-state index contributed by atoms with van der Waals surface area (Å²) >= 11 is 0. The molecular formula is C10H24ClN3O2S. The molecule has 1 aliphatic rings. The van der Waals surface area contributed by atoms with Crippen LogP contribution in [0.15, 0.2) is 0 Å². The maximum atomic E-state index is 12.3. The Hall–Kier alpha value is 0.120. The van der Waals surface area contributed by atoms with Gasteiger partial charge in [-0.05, 0) is 20.3 Å². The highest BCUT2D eigenvalue weighted by Gasteiger charge is 2.35. The van der Waals surface area contributed by atoms with Crippen LogP contribution in [0.3, 0.4) is 0 Å². The number of halogens is 1. The Morgan fingerprint density at radius 2 is 2.00 bits per heavy atom. The van der Waals surface area contributed by atoms with E-state index in [4.69, 9.17) is 0 Å². The smallest absolute Gasteiger partial charge is 0.282 e. The molecule has 0 bridgehead atoms. The van der Waals surface area contributed by atoms with Gasteiger partial charge >= 0.3 is 0 Å². The molecule has 17 heavy (non-hydrogen) atoms. The monoisotopic (exact) mass is 285 g/mol. The average molecular weight is 286 g/mol. The summed E-state index contributed by atoms with van der Waals surface area (Å²) in [5, 5.41) is 3.28. The summed E-state index contributed by atoms with van der Waals surface area (Å²) in [4.78, 5) is 0. The maximum absolute atomic E-state index is 12.3. The van der Waals surface area contributed by atoms with Crippen molar-refractivity contribution in [2.24, 2.45) is 0 Å². The van der Waals surface area contributed by atoms with E-state index >= 15 is 0 Å². The minimum atomic E-state index is -3.28. The van der Waals surface area contributed by atoms with Gasteiger partial charge in [-0.25, -0.2) is 0 Å². The number of rotatable bonds is 4. The third-order valence-corrected chi connectivity index (χ3v) is 5.28. The molecular weight excluding hydrogens is 262 g/mol. The highest BCUT2D eigenvalue weighted by atomic mass is 35.5. The summed E-state index contributed by atoms with van der Waals surface area (Å²) in [5.74, 6) is 0. The number of piperazine rings is 1. The number of hydrogen-bond acceptors (Lipinski definition) is 3. The summed E-state index contributed by atoms with van der Waals surface area (Å²) in [7, 11) is -1.63. The van der Waals surface area contributed by atoms with E-state index < -0.39 is 10.2 Å². The van der Waals surface area contributed by atoms with Gasteiger partial charge in [-0.3, -0.25) is 0 Å². The second kappa shape index (κ2) is 6.89. The molecule has 2 unspecified atom stereocenters. The molecule has 5 nitrogen and oxygen atoms in total. The van der Waals surface area contributed by atoms with Crippen LogP contribution in [0.25, 0.3) is 0 Å². The van der Waals surface area contributed by atoms with E-state index in [2.05, 4.69) is 5.32 Å². The zero-order valence-electron chi connectivity index (χ0n) is 11.0. The Morgan fingerprint density at radius 3 is 2.53 bits per heavy atom. The van der Waals surface area contributed by atoms with Crippen molar-refractivity contribution in [2.45, 2.75) is 39.3 Å². The van der Waals surface area contributed by atoms with Crippen LogP contribution in [0.2, 0.25) is 0 Å². The SMILES string of the molecule is CCCN(C)S(=O)(=O)N1CCNC(C)C1C.Cl. The average Bonchev–Trinajstić information content (AvgIpc) is 2.22. The third-order valence-electron chi connectivity index (χ3n) is 3.21. The molecule has 1 rings (SSSR count). The van der Waals surface area contributed by atoms with Gasteiger partial charge < -0.3 is 5.32 Å². The van der Waals surface area contributed by atoms with Crippen molar-refractivity contribution in [1.82, 2.24) is 13.9 Å². The molecule has 1 saturated heterocycles. The topological polar surface area (TPSA) is 52.7 Å². The predicted molar refractivity (Wildman–Crippen MR) is 72.7 cm³/mol. The normalized spacial score (nSPS) is 26.9. The molecule has 1 aliphatic heterocycles. The molecule has 0 amide bonds. The first kappa shape index (κ1) is 17.1. The first-order valence-corrected chi connectivity index (χ1v) is 7.27. The summed E-state index contributed by atoms with van der Waals surface area (Å²) < 4.78 is 27.6. The molecule has 0 aromatic rings. The van der Waals surface area contributed by atoms with Crippen molar-refractivity contribution >= 4 is 22.6 Å². The van der Waals surface area contributed by atoms with E-state index in [0.717, 1.165) is 13.0 Å². The maximum Gasteiger partial charge on any atom is 0.282 e.